The van der Waals surface area contributed by atoms with Crippen LogP contribution in [0.5, 0.6) is 0 Å². The number of carbonyl (C=O) groups excluding carboxylic acids is 1. The first-order valence-corrected chi connectivity index (χ1v) is 9.93. The summed E-state index contributed by atoms with van der Waals surface area (Å²) in [5.41, 5.74) is -1.58. The van der Waals surface area contributed by atoms with E-state index in [0.717, 1.165) is 0 Å². The summed E-state index contributed by atoms with van der Waals surface area (Å²) >= 11 is 11.3. The monoisotopic (exact) mass is 453 g/mol. The largest absolute Gasteiger partial charge is 0.460 e. The minimum Gasteiger partial charge on any atom is -0.460 e. The molecule has 1 saturated carbocycles. The molecule has 0 heterocycles. The Balaban J connectivity index is 2.28. The van der Waals surface area contributed by atoms with Gasteiger partial charge < -0.3 is 14.8 Å². The topological polar surface area (TPSA) is 47.6 Å². The average Bonchev–Trinajstić information content (AvgIpc) is 3.18. The van der Waals surface area contributed by atoms with Crippen LogP contribution in [0.4, 0.5) is 18.9 Å². The number of allylic oxidation sites excluding steroid dienone is 1. The Bertz CT molecular complexity index is 811. The molecule has 9 heteroatoms. The number of carbonyl (C=O) groups is 1. The third-order valence-corrected chi connectivity index (χ3v) is 5.43. The second-order valence-electron chi connectivity index (χ2n) is 7.52. The van der Waals surface area contributed by atoms with Crippen molar-refractivity contribution in [3.05, 3.63) is 39.1 Å². The van der Waals surface area contributed by atoms with E-state index in [4.69, 9.17) is 32.7 Å². The van der Waals surface area contributed by atoms with Gasteiger partial charge in [-0.05, 0) is 23.8 Å². The van der Waals surface area contributed by atoms with Gasteiger partial charge in [-0.1, -0.05) is 44.0 Å². The first-order chi connectivity index (χ1) is 13.6. The predicted octanol–water partition coefficient (Wildman–Crippen LogP) is 5.71. The third-order valence-electron chi connectivity index (χ3n) is 5.18. The normalized spacial score (nSPS) is 19.6. The number of ether oxygens (including phenoxy) is 2. The molecule has 1 N–H and O–H groups in total. The highest BCUT2D eigenvalue weighted by atomic mass is 35.5. The predicted molar refractivity (Wildman–Crippen MR) is 106 cm³/mol. The lowest BCUT2D eigenvalue weighted by Crippen LogP contribution is -2.16. The number of benzene rings is 1. The van der Waals surface area contributed by atoms with Crippen molar-refractivity contribution < 1.29 is 27.4 Å². The van der Waals surface area contributed by atoms with Crippen molar-refractivity contribution in [1.82, 2.24) is 0 Å². The minimum atomic E-state index is -1.36. The van der Waals surface area contributed by atoms with Crippen molar-refractivity contribution in [2.24, 2.45) is 17.3 Å². The molecule has 0 spiro atoms. The zero-order valence-electron chi connectivity index (χ0n) is 16.7. The van der Waals surface area contributed by atoms with E-state index in [2.05, 4.69) is 5.32 Å². The molecule has 162 valence electrons. The van der Waals surface area contributed by atoms with Crippen LogP contribution in [0.2, 0.25) is 0 Å². The Hall–Kier alpha value is -1.44. The fourth-order valence-electron chi connectivity index (χ4n) is 3.40. The van der Waals surface area contributed by atoms with E-state index in [0.29, 0.717) is 13.0 Å². The van der Waals surface area contributed by atoms with E-state index in [-0.39, 0.29) is 21.7 Å². The van der Waals surface area contributed by atoms with Gasteiger partial charge in [0.1, 0.15) is 11.1 Å². The number of hydrogen-bond acceptors (Lipinski definition) is 4. The van der Waals surface area contributed by atoms with Gasteiger partial charge in [0.05, 0.1) is 29.3 Å². The van der Waals surface area contributed by atoms with Gasteiger partial charge in [-0.2, -0.15) is 0 Å². The van der Waals surface area contributed by atoms with Crippen LogP contribution in [0.15, 0.2) is 10.6 Å². The van der Waals surface area contributed by atoms with Gasteiger partial charge in [0.25, 0.3) is 0 Å². The zero-order chi connectivity index (χ0) is 21.9. The molecule has 1 aromatic rings. The second kappa shape index (κ2) is 9.58. The third kappa shape index (κ3) is 5.01. The summed E-state index contributed by atoms with van der Waals surface area (Å²) in [6.45, 7) is 4.79. The number of rotatable bonds is 9. The highest BCUT2D eigenvalue weighted by Gasteiger charge is 2.61. The highest BCUT2D eigenvalue weighted by Crippen LogP contribution is 2.60. The van der Waals surface area contributed by atoms with Crippen LogP contribution in [0.3, 0.4) is 0 Å². The Morgan fingerprint density at radius 1 is 1.14 bits per heavy atom. The van der Waals surface area contributed by atoms with E-state index in [1.807, 2.05) is 20.8 Å². The molecule has 0 aromatic heterocycles. The molecule has 0 bridgehead atoms. The molecule has 1 fully saturated rings. The Labute approximate surface area is 178 Å². The molecule has 0 aliphatic heterocycles. The number of methoxy groups -OCH3 is 1. The fourth-order valence-corrected chi connectivity index (χ4v) is 3.67. The molecule has 4 nitrogen and oxygen atoms in total. The lowest BCUT2D eigenvalue weighted by molar-refractivity contribution is -0.147. The second-order valence-corrected chi connectivity index (χ2v) is 8.53. The molecule has 1 aromatic carbocycles. The van der Waals surface area contributed by atoms with E-state index >= 15 is 0 Å². The van der Waals surface area contributed by atoms with E-state index in [1.54, 1.807) is 6.08 Å². The Morgan fingerprint density at radius 3 is 2.31 bits per heavy atom. The molecule has 2 rings (SSSR count). The summed E-state index contributed by atoms with van der Waals surface area (Å²) in [7, 11) is 1.25. The van der Waals surface area contributed by atoms with Crippen LogP contribution in [-0.4, -0.2) is 19.6 Å². The summed E-state index contributed by atoms with van der Waals surface area (Å²) in [5.74, 6) is -4.99. The molecular weight excluding hydrogens is 430 g/mol. The summed E-state index contributed by atoms with van der Waals surface area (Å²) < 4.78 is 53.8. The molecule has 1 aliphatic carbocycles. The highest BCUT2D eigenvalue weighted by molar-refractivity contribution is 6.55. The van der Waals surface area contributed by atoms with Gasteiger partial charge in [-0.15, -0.1) is 0 Å². The van der Waals surface area contributed by atoms with Crippen LogP contribution in [-0.2, 0) is 27.5 Å². The van der Waals surface area contributed by atoms with Gasteiger partial charge >= 0.3 is 5.97 Å². The molecule has 29 heavy (non-hydrogen) atoms. The van der Waals surface area contributed by atoms with Crippen molar-refractivity contribution in [2.45, 2.75) is 40.4 Å². The van der Waals surface area contributed by atoms with Crippen LogP contribution in [0.25, 0.3) is 0 Å². The number of hydrogen-bond donors (Lipinski definition) is 1. The smallest absolute Gasteiger partial charge is 0.310 e. The van der Waals surface area contributed by atoms with E-state index < -0.39 is 53.5 Å². The van der Waals surface area contributed by atoms with Crippen molar-refractivity contribution in [3.63, 3.8) is 0 Å². The first-order valence-electron chi connectivity index (χ1n) is 9.18. The maximum absolute atomic E-state index is 14.8. The molecule has 0 saturated heterocycles. The van der Waals surface area contributed by atoms with Gasteiger partial charge in [-0.25, -0.2) is 13.2 Å². The number of esters is 1. The van der Waals surface area contributed by atoms with Crippen molar-refractivity contribution in [2.75, 3.05) is 19.0 Å². The van der Waals surface area contributed by atoms with Crippen LogP contribution in [0, 0.1) is 34.7 Å². The molecule has 1 aliphatic rings. The van der Waals surface area contributed by atoms with E-state index in [9.17, 15) is 18.0 Å². The average molecular weight is 454 g/mol. The molecule has 0 amide bonds. The van der Waals surface area contributed by atoms with Crippen LogP contribution < -0.4 is 5.32 Å². The van der Waals surface area contributed by atoms with Crippen molar-refractivity contribution in [3.8, 4) is 0 Å². The summed E-state index contributed by atoms with van der Waals surface area (Å²) in [5, 5.41) is 2.74. The number of nitrogens with one attached hydrogen (secondary N) is 1. The van der Waals surface area contributed by atoms with E-state index in [1.165, 1.54) is 7.11 Å². The lowest BCUT2D eigenvalue weighted by Gasteiger charge is -2.17. The van der Waals surface area contributed by atoms with Gasteiger partial charge in [0.2, 0.25) is 0 Å². The SMILES string of the molecule is CCCNc1c(F)c(COC)c(F)c(F)c1COC(=O)[C@@H]1[C@@H](C=C(Cl)Cl)C1(C)C. The summed E-state index contributed by atoms with van der Waals surface area (Å²) in [6, 6.07) is 0. The standard InChI is InChI=1S/C20H24Cl2F3NO3/c1-5-6-26-18-11(16(24)15(23)10(8-28-4)17(18)25)9-29-19(27)14-12(7-13(21)22)20(14,2)3/h7,12,14,26H,5-6,8-9H2,1-4H3/t12-,14+/m1/s1. The molecule has 2 atom stereocenters. The molecular formula is C20H24Cl2F3NO3. The number of anilines is 1. The number of halogens is 5. The lowest BCUT2D eigenvalue weighted by atomic mass is 10.1. The maximum atomic E-state index is 14.8. The van der Waals surface area contributed by atoms with Gasteiger partial charge in [0, 0.05) is 13.7 Å². The first kappa shape index (κ1) is 23.8. The summed E-state index contributed by atoms with van der Waals surface area (Å²) in [4.78, 5) is 12.5. The molecule has 0 radical (unpaired) electrons. The van der Waals surface area contributed by atoms with Crippen LogP contribution in [0.1, 0.15) is 38.3 Å². The van der Waals surface area contributed by atoms with Gasteiger partial charge in [-0.3, -0.25) is 4.79 Å². The molecule has 0 unspecified atom stereocenters. The van der Waals surface area contributed by atoms with Crippen molar-refractivity contribution in [1.29, 1.82) is 0 Å². The Kier molecular flexibility index (Phi) is 7.87. The van der Waals surface area contributed by atoms with Gasteiger partial charge in [0.15, 0.2) is 17.5 Å². The summed E-state index contributed by atoms with van der Waals surface area (Å²) in [6.07, 6.45) is 2.17. The fraction of sp³-hybridized carbons (Fsp3) is 0.550. The van der Waals surface area contributed by atoms with Crippen LogP contribution >= 0.6 is 23.2 Å². The Morgan fingerprint density at radius 2 is 1.76 bits per heavy atom. The quantitative estimate of drug-likeness (QED) is 0.384. The maximum Gasteiger partial charge on any atom is 0.310 e. The minimum absolute atomic E-state index is 0.0355. The van der Waals surface area contributed by atoms with Crippen molar-refractivity contribution >= 4 is 34.9 Å². The zero-order valence-corrected chi connectivity index (χ0v) is 18.2.